The zero-order chi connectivity index (χ0) is 17.5. The van der Waals surface area contributed by atoms with Crippen LogP contribution in [0.3, 0.4) is 0 Å². The number of nitrogens with one attached hydrogen (secondary N) is 2. The van der Waals surface area contributed by atoms with Crippen LogP contribution in [0.2, 0.25) is 0 Å². The van der Waals surface area contributed by atoms with Crippen molar-refractivity contribution in [1.29, 1.82) is 0 Å². The zero-order valence-electron chi connectivity index (χ0n) is 16.0. The van der Waals surface area contributed by atoms with Crippen LogP contribution in [0.1, 0.15) is 43.3 Å². The minimum atomic E-state index is 0. The van der Waals surface area contributed by atoms with E-state index >= 15 is 0 Å². The van der Waals surface area contributed by atoms with Crippen molar-refractivity contribution in [2.75, 3.05) is 6.54 Å². The van der Waals surface area contributed by atoms with Gasteiger partial charge in [-0.2, -0.15) is 5.10 Å². The highest BCUT2D eigenvalue weighted by Gasteiger charge is 2.13. The molecule has 0 aliphatic heterocycles. The van der Waals surface area contributed by atoms with Gasteiger partial charge in [0.1, 0.15) is 0 Å². The molecule has 0 atom stereocenters. The second-order valence-electron chi connectivity index (χ2n) is 5.94. The van der Waals surface area contributed by atoms with Crippen LogP contribution in [0.15, 0.2) is 23.5 Å². The van der Waals surface area contributed by atoms with Gasteiger partial charge >= 0.3 is 0 Å². The maximum Gasteiger partial charge on any atom is 0.191 e. The fraction of sp³-hybridized carbons (Fsp3) is 0.556. The molecule has 0 spiro atoms. The molecular weight excluding hydrogens is 427 g/mol. The Labute approximate surface area is 168 Å². The lowest BCUT2D eigenvalue weighted by Crippen LogP contribution is -2.37. The molecule has 0 aliphatic rings. The molecular formula is C18H31IN6. The average molecular weight is 458 g/mol. The van der Waals surface area contributed by atoms with Crippen molar-refractivity contribution in [3.8, 4) is 0 Å². The van der Waals surface area contributed by atoms with Crippen molar-refractivity contribution in [2.45, 2.75) is 46.7 Å². The quantitative estimate of drug-likeness (QED) is 0.381. The molecule has 0 saturated heterocycles. The summed E-state index contributed by atoms with van der Waals surface area (Å²) in [5.74, 6) is 0.842. The normalized spacial score (nSPS) is 11.3. The summed E-state index contributed by atoms with van der Waals surface area (Å²) < 4.78 is 4.05. The van der Waals surface area contributed by atoms with E-state index in [1.54, 1.807) is 0 Å². The molecule has 0 saturated carbocycles. The fourth-order valence-electron chi connectivity index (χ4n) is 2.93. The van der Waals surface area contributed by atoms with Gasteiger partial charge in [0.2, 0.25) is 0 Å². The largest absolute Gasteiger partial charge is 0.357 e. The third-order valence-electron chi connectivity index (χ3n) is 4.12. The molecule has 140 valence electrons. The van der Waals surface area contributed by atoms with Crippen molar-refractivity contribution >= 4 is 29.9 Å². The SMILES string of the molecule is CCNC(=NCc1ccn(C)c1)NCc1c(CC)nn(C)c1CC.I. The molecule has 0 aliphatic carbocycles. The molecule has 2 aromatic heterocycles. The Morgan fingerprint density at radius 1 is 1.16 bits per heavy atom. The Balaban J connectivity index is 0.00000312. The lowest BCUT2D eigenvalue weighted by Gasteiger charge is -2.12. The first-order chi connectivity index (χ1) is 11.6. The van der Waals surface area contributed by atoms with Gasteiger partial charge in [0.15, 0.2) is 5.96 Å². The Morgan fingerprint density at radius 3 is 2.48 bits per heavy atom. The fourth-order valence-corrected chi connectivity index (χ4v) is 2.93. The van der Waals surface area contributed by atoms with E-state index < -0.39 is 0 Å². The molecule has 0 unspecified atom stereocenters. The Bertz CT molecular complexity index is 686. The Hall–Kier alpha value is -1.51. The van der Waals surface area contributed by atoms with Crippen LogP contribution in [0.5, 0.6) is 0 Å². The summed E-state index contributed by atoms with van der Waals surface area (Å²) in [6.07, 6.45) is 6.07. The van der Waals surface area contributed by atoms with E-state index in [-0.39, 0.29) is 24.0 Å². The standard InChI is InChI=1S/C18H30N6.HI/c1-6-16-15(17(7-2)24(5)22-16)12-21-18(19-8-3)20-11-14-9-10-23(4)13-14;/h9-10,13H,6-8,11-12H2,1-5H3,(H2,19,20,21);1H. The van der Waals surface area contributed by atoms with Gasteiger partial charge in [-0.1, -0.05) is 13.8 Å². The Kier molecular flexibility index (Phi) is 9.02. The molecule has 2 heterocycles. The molecule has 0 bridgehead atoms. The predicted molar refractivity (Wildman–Crippen MR) is 114 cm³/mol. The van der Waals surface area contributed by atoms with Gasteiger partial charge in [-0.3, -0.25) is 4.68 Å². The van der Waals surface area contributed by atoms with Crippen LogP contribution >= 0.6 is 24.0 Å². The van der Waals surface area contributed by atoms with E-state index in [9.17, 15) is 0 Å². The summed E-state index contributed by atoms with van der Waals surface area (Å²) in [5.41, 5.74) is 4.96. The number of guanidine groups is 1. The molecule has 2 rings (SSSR count). The number of aromatic nitrogens is 3. The van der Waals surface area contributed by atoms with Gasteiger partial charge in [-0.15, -0.1) is 24.0 Å². The first kappa shape index (κ1) is 21.5. The van der Waals surface area contributed by atoms with Crippen molar-refractivity contribution in [2.24, 2.45) is 19.1 Å². The predicted octanol–water partition coefficient (Wildman–Crippen LogP) is 2.76. The van der Waals surface area contributed by atoms with E-state index in [1.807, 2.05) is 29.5 Å². The third kappa shape index (κ3) is 5.76. The van der Waals surface area contributed by atoms with Crippen LogP contribution in [0.25, 0.3) is 0 Å². The van der Waals surface area contributed by atoms with Gasteiger partial charge in [0.25, 0.3) is 0 Å². The number of hydrogen-bond acceptors (Lipinski definition) is 2. The smallest absolute Gasteiger partial charge is 0.191 e. The highest BCUT2D eigenvalue weighted by molar-refractivity contribution is 14.0. The van der Waals surface area contributed by atoms with Crippen LogP contribution in [-0.2, 0) is 40.0 Å². The average Bonchev–Trinajstić information content (AvgIpc) is 3.12. The number of nitrogens with zero attached hydrogens (tertiary/aromatic N) is 4. The van der Waals surface area contributed by atoms with Crippen molar-refractivity contribution < 1.29 is 0 Å². The molecule has 0 radical (unpaired) electrons. The minimum absolute atomic E-state index is 0. The molecule has 0 aromatic carbocycles. The third-order valence-corrected chi connectivity index (χ3v) is 4.12. The second-order valence-corrected chi connectivity index (χ2v) is 5.94. The molecule has 2 N–H and O–H groups in total. The van der Waals surface area contributed by atoms with E-state index in [0.29, 0.717) is 6.54 Å². The van der Waals surface area contributed by atoms with E-state index in [4.69, 9.17) is 0 Å². The van der Waals surface area contributed by atoms with Crippen molar-refractivity contribution in [1.82, 2.24) is 25.0 Å². The number of rotatable bonds is 7. The number of aliphatic imine (C=N–C) groups is 1. The summed E-state index contributed by atoms with van der Waals surface area (Å²) in [6, 6.07) is 2.10. The molecule has 25 heavy (non-hydrogen) atoms. The number of hydrogen-bond donors (Lipinski definition) is 2. The van der Waals surface area contributed by atoms with Crippen LogP contribution < -0.4 is 10.6 Å². The zero-order valence-corrected chi connectivity index (χ0v) is 18.3. The summed E-state index contributed by atoms with van der Waals surface area (Å²) in [5, 5.41) is 11.4. The van der Waals surface area contributed by atoms with Gasteiger partial charge < -0.3 is 15.2 Å². The lowest BCUT2D eigenvalue weighted by molar-refractivity contribution is 0.702. The number of aryl methyl sites for hydroxylation is 3. The highest BCUT2D eigenvalue weighted by Crippen LogP contribution is 2.15. The van der Waals surface area contributed by atoms with E-state index in [1.165, 1.54) is 22.5 Å². The Morgan fingerprint density at radius 2 is 1.92 bits per heavy atom. The molecule has 7 heteroatoms. The van der Waals surface area contributed by atoms with Crippen molar-refractivity contribution in [3.05, 3.63) is 41.0 Å². The molecule has 0 amide bonds. The first-order valence-electron chi connectivity index (χ1n) is 8.75. The maximum atomic E-state index is 4.68. The summed E-state index contributed by atoms with van der Waals surface area (Å²) >= 11 is 0. The first-order valence-corrected chi connectivity index (χ1v) is 8.75. The lowest BCUT2D eigenvalue weighted by atomic mass is 10.1. The van der Waals surface area contributed by atoms with Crippen LogP contribution in [0, 0.1) is 0 Å². The summed E-state index contributed by atoms with van der Waals surface area (Å²) in [4.78, 5) is 4.68. The van der Waals surface area contributed by atoms with E-state index in [0.717, 1.165) is 31.9 Å². The summed E-state index contributed by atoms with van der Waals surface area (Å²) in [7, 11) is 4.05. The van der Waals surface area contributed by atoms with Crippen molar-refractivity contribution in [3.63, 3.8) is 0 Å². The topological polar surface area (TPSA) is 59.2 Å². The highest BCUT2D eigenvalue weighted by atomic mass is 127. The van der Waals surface area contributed by atoms with Gasteiger partial charge in [0.05, 0.1) is 12.2 Å². The monoisotopic (exact) mass is 458 g/mol. The second kappa shape index (κ2) is 10.5. The summed E-state index contributed by atoms with van der Waals surface area (Å²) in [6.45, 7) is 8.67. The molecule has 2 aromatic rings. The van der Waals surface area contributed by atoms with E-state index in [2.05, 4.69) is 53.8 Å². The number of halogens is 1. The molecule has 0 fully saturated rings. The maximum absolute atomic E-state index is 4.68. The van der Waals surface area contributed by atoms with Gasteiger partial charge in [0, 0.05) is 50.8 Å². The van der Waals surface area contributed by atoms with Crippen LogP contribution in [-0.4, -0.2) is 26.9 Å². The van der Waals surface area contributed by atoms with Gasteiger partial charge in [-0.05, 0) is 31.4 Å². The molecule has 6 nitrogen and oxygen atoms in total. The van der Waals surface area contributed by atoms with Gasteiger partial charge in [-0.25, -0.2) is 4.99 Å². The minimum Gasteiger partial charge on any atom is -0.357 e. The van der Waals surface area contributed by atoms with Crippen LogP contribution in [0.4, 0.5) is 0 Å².